The number of hydrogen-bond donors (Lipinski definition) is 3. The molecule has 3 N–H and O–H groups in total. The zero-order chi connectivity index (χ0) is 27.0. The normalized spacial score (nSPS) is 12.9. The second-order valence-electron chi connectivity index (χ2n) is 9.57. The Hall–Kier alpha value is -3.30. The summed E-state index contributed by atoms with van der Waals surface area (Å²) in [6.07, 6.45) is 2.12. The summed E-state index contributed by atoms with van der Waals surface area (Å²) in [5.74, 6) is -1.84. The molecule has 0 unspecified atom stereocenters. The topological polar surface area (TPSA) is 107 Å². The summed E-state index contributed by atoms with van der Waals surface area (Å²) < 4.78 is 27.4. The maximum absolute atomic E-state index is 14.1. The van der Waals surface area contributed by atoms with Crippen molar-refractivity contribution in [2.45, 2.75) is 78.9 Å². The molecule has 3 amide bonds. The molecular formula is C26H37F2N5O3. The molecular weight excluding hydrogens is 468 g/mol. The molecule has 0 fully saturated rings. The van der Waals surface area contributed by atoms with E-state index in [0.29, 0.717) is 30.4 Å². The van der Waals surface area contributed by atoms with E-state index in [1.165, 1.54) is 12.3 Å². The molecule has 1 aromatic heterocycles. The first-order valence-electron chi connectivity index (χ1n) is 12.3. The third-order valence-corrected chi connectivity index (χ3v) is 5.85. The molecule has 0 radical (unpaired) electrons. The van der Waals surface area contributed by atoms with Gasteiger partial charge in [-0.3, -0.25) is 14.4 Å². The number of hydrogen-bond acceptors (Lipinski definition) is 4. The molecule has 0 saturated heterocycles. The minimum Gasteiger partial charge on any atom is -0.345 e. The first-order chi connectivity index (χ1) is 16.9. The van der Waals surface area contributed by atoms with Crippen molar-refractivity contribution >= 4 is 17.7 Å². The van der Waals surface area contributed by atoms with Gasteiger partial charge in [-0.1, -0.05) is 13.8 Å². The molecule has 0 aliphatic rings. The molecule has 2 atom stereocenters. The predicted molar refractivity (Wildman–Crippen MR) is 134 cm³/mol. The van der Waals surface area contributed by atoms with E-state index in [2.05, 4.69) is 20.6 Å². The first-order valence-corrected chi connectivity index (χ1v) is 12.3. The van der Waals surface area contributed by atoms with Crippen LogP contribution in [0.1, 0.15) is 72.7 Å². The van der Waals surface area contributed by atoms with Gasteiger partial charge in [-0.05, 0) is 52.2 Å². The summed E-state index contributed by atoms with van der Waals surface area (Å²) in [5.41, 5.74) is 0.468. The number of imidazole rings is 1. The van der Waals surface area contributed by atoms with E-state index in [9.17, 15) is 23.2 Å². The van der Waals surface area contributed by atoms with Crippen molar-refractivity contribution in [3.8, 4) is 11.3 Å². The Balaban J connectivity index is 2.16. The van der Waals surface area contributed by atoms with Crippen LogP contribution in [0.4, 0.5) is 8.78 Å². The molecule has 198 valence electrons. The van der Waals surface area contributed by atoms with E-state index >= 15 is 0 Å². The summed E-state index contributed by atoms with van der Waals surface area (Å²) >= 11 is 0. The van der Waals surface area contributed by atoms with Crippen molar-refractivity contribution in [2.75, 3.05) is 6.54 Å². The molecule has 10 heteroatoms. The number of halogens is 2. The third kappa shape index (κ3) is 8.13. The van der Waals surface area contributed by atoms with Gasteiger partial charge in [0.2, 0.25) is 17.7 Å². The highest BCUT2D eigenvalue weighted by atomic mass is 19.1. The first kappa shape index (κ1) is 28.9. The lowest BCUT2D eigenvalue weighted by atomic mass is 10.1. The average Bonchev–Trinajstić information content (AvgIpc) is 3.27. The molecule has 2 aromatic rings. The van der Waals surface area contributed by atoms with Crippen molar-refractivity contribution in [2.24, 2.45) is 5.92 Å². The Labute approximate surface area is 211 Å². The highest BCUT2D eigenvalue weighted by molar-refractivity contribution is 5.92. The van der Waals surface area contributed by atoms with Gasteiger partial charge in [0.05, 0.1) is 24.4 Å². The third-order valence-electron chi connectivity index (χ3n) is 5.85. The zero-order valence-corrected chi connectivity index (χ0v) is 21.8. The average molecular weight is 506 g/mol. The Morgan fingerprint density at radius 3 is 2.36 bits per heavy atom. The number of nitrogens with zero attached hydrogens (tertiary/aromatic N) is 2. The fraction of sp³-hybridized carbons (Fsp3) is 0.538. The summed E-state index contributed by atoms with van der Waals surface area (Å²) in [6, 6.07) is 1.48. The number of carbonyl (C=O) groups is 3. The highest BCUT2D eigenvalue weighted by Crippen LogP contribution is 2.23. The predicted octanol–water partition coefficient (Wildman–Crippen LogP) is 4.10. The van der Waals surface area contributed by atoms with Gasteiger partial charge in [-0.25, -0.2) is 13.8 Å². The van der Waals surface area contributed by atoms with Crippen LogP contribution in [0.25, 0.3) is 11.3 Å². The second kappa shape index (κ2) is 13.1. The lowest BCUT2D eigenvalue weighted by Gasteiger charge is -2.28. The molecule has 0 spiro atoms. The highest BCUT2D eigenvalue weighted by Gasteiger charge is 2.28. The van der Waals surface area contributed by atoms with E-state index in [-0.39, 0.29) is 36.3 Å². The van der Waals surface area contributed by atoms with Gasteiger partial charge in [-0.15, -0.1) is 0 Å². The van der Waals surface area contributed by atoms with Gasteiger partial charge in [0.1, 0.15) is 23.5 Å². The number of amides is 3. The number of benzene rings is 1. The van der Waals surface area contributed by atoms with E-state index in [4.69, 9.17) is 0 Å². The molecule has 1 heterocycles. The maximum atomic E-state index is 14.1. The van der Waals surface area contributed by atoms with Crippen LogP contribution >= 0.6 is 0 Å². The molecule has 0 aliphatic carbocycles. The number of aromatic amines is 1. The summed E-state index contributed by atoms with van der Waals surface area (Å²) in [4.78, 5) is 47.3. The fourth-order valence-electron chi connectivity index (χ4n) is 3.80. The number of rotatable bonds is 12. The van der Waals surface area contributed by atoms with Crippen LogP contribution in [0.2, 0.25) is 0 Å². The van der Waals surface area contributed by atoms with Crippen molar-refractivity contribution < 1.29 is 23.2 Å². The van der Waals surface area contributed by atoms with Crippen molar-refractivity contribution in [3.05, 3.63) is 41.9 Å². The Morgan fingerprint density at radius 1 is 1.08 bits per heavy atom. The minimum atomic E-state index is -1.06. The van der Waals surface area contributed by atoms with Gasteiger partial charge >= 0.3 is 0 Å². The Kier molecular flexibility index (Phi) is 10.6. The lowest BCUT2D eigenvalue weighted by molar-refractivity contribution is -0.137. The molecule has 2 rings (SSSR count). The summed E-state index contributed by atoms with van der Waals surface area (Å²) in [7, 11) is 0. The van der Waals surface area contributed by atoms with Crippen LogP contribution in [-0.4, -0.2) is 51.2 Å². The smallest absolute Gasteiger partial charge is 0.243 e. The van der Waals surface area contributed by atoms with E-state index in [0.717, 1.165) is 12.1 Å². The van der Waals surface area contributed by atoms with E-state index in [1.807, 2.05) is 34.6 Å². The van der Waals surface area contributed by atoms with E-state index in [1.54, 1.807) is 11.8 Å². The second-order valence-corrected chi connectivity index (χ2v) is 9.57. The van der Waals surface area contributed by atoms with Crippen LogP contribution < -0.4 is 10.6 Å². The molecule has 0 aliphatic heterocycles. The minimum absolute atomic E-state index is 0.0461. The van der Waals surface area contributed by atoms with Gasteiger partial charge in [0, 0.05) is 30.6 Å². The van der Waals surface area contributed by atoms with Crippen molar-refractivity contribution in [1.82, 2.24) is 25.5 Å². The van der Waals surface area contributed by atoms with Crippen LogP contribution in [0.3, 0.4) is 0 Å². The van der Waals surface area contributed by atoms with Crippen molar-refractivity contribution in [3.63, 3.8) is 0 Å². The van der Waals surface area contributed by atoms with Crippen LogP contribution in [0, 0.1) is 17.6 Å². The summed E-state index contributed by atoms with van der Waals surface area (Å²) in [6.45, 7) is 11.8. The van der Waals surface area contributed by atoms with Gasteiger partial charge < -0.3 is 20.5 Å². The number of aromatic nitrogens is 2. The standard InChI is InChI=1S/C26H37F2N5O3/c1-7-33(16(4)5)24(35)13-21(31-23(34)11-8-15(2)3)26(36)30-17(6)25-29-14-22(32-25)19-10-9-18(27)12-20(19)28/h9-10,12,14-17,21H,7-8,11,13H2,1-6H3,(H,29,32)(H,30,36)(H,31,34)/t17-,21-/m0/s1. The Bertz CT molecular complexity index is 1050. The monoisotopic (exact) mass is 505 g/mol. The molecule has 0 bridgehead atoms. The maximum Gasteiger partial charge on any atom is 0.243 e. The number of carbonyl (C=O) groups excluding carboxylic acids is 3. The molecule has 1 aromatic carbocycles. The number of nitrogens with one attached hydrogen (secondary N) is 3. The molecule has 0 saturated carbocycles. The van der Waals surface area contributed by atoms with Gasteiger partial charge in [0.25, 0.3) is 0 Å². The lowest BCUT2D eigenvalue weighted by Crippen LogP contribution is -2.50. The van der Waals surface area contributed by atoms with E-state index < -0.39 is 29.6 Å². The van der Waals surface area contributed by atoms with Gasteiger partial charge in [0.15, 0.2) is 0 Å². The largest absolute Gasteiger partial charge is 0.345 e. The fourth-order valence-corrected chi connectivity index (χ4v) is 3.80. The van der Waals surface area contributed by atoms with Crippen LogP contribution in [-0.2, 0) is 14.4 Å². The van der Waals surface area contributed by atoms with Crippen LogP contribution in [0.15, 0.2) is 24.4 Å². The molecule has 8 nitrogen and oxygen atoms in total. The summed E-state index contributed by atoms with van der Waals surface area (Å²) in [5, 5.41) is 5.48. The molecule has 36 heavy (non-hydrogen) atoms. The van der Waals surface area contributed by atoms with Crippen LogP contribution in [0.5, 0.6) is 0 Å². The zero-order valence-electron chi connectivity index (χ0n) is 21.8. The SMILES string of the molecule is CCN(C(=O)C[C@H](NC(=O)CCC(C)C)C(=O)N[C@@H](C)c1ncc(-c2ccc(F)cc2F)[nH]1)C(C)C. The number of H-pyrrole nitrogens is 1. The van der Waals surface area contributed by atoms with Gasteiger partial charge in [-0.2, -0.15) is 0 Å². The van der Waals surface area contributed by atoms with Crippen molar-refractivity contribution in [1.29, 1.82) is 0 Å². The Morgan fingerprint density at radius 2 is 1.78 bits per heavy atom. The quantitative estimate of drug-likeness (QED) is 0.404.